The molecule has 0 aromatic rings. The molecule has 6 heteroatoms. The van der Waals surface area contributed by atoms with Crippen LogP contribution in [-0.2, 0) is 107 Å². The summed E-state index contributed by atoms with van der Waals surface area (Å²) in [4.78, 5) is 0. The molecule has 0 aromatic heterocycles. The minimum absolute atomic E-state index is 0. The Morgan fingerprint density at radius 1 is 1.27 bits per heavy atom. The molecule has 0 aliphatic rings. The fourth-order valence-corrected chi connectivity index (χ4v) is 0.506. The van der Waals surface area contributed by atoms with Gasteiger partial charge in [0.25, 0.3) is 0 Å². The summed E-state index contributed by atoms with van der Waals surface area (Å²) in [7, 11) is -0.200. The van der Waals surface area contributed by atoms with Crippen LogP contribution in [0.5, 0.6) is 0 Å². The summed E-state index contributed by atoms with van der Waals surface area (Å²) in [5.41, 5.74) is 0. The summed E-state index contributed by atoms with van der Waals surface area (Å²) in [5.74, 6) is 0.636. The SMILES string of the molecule is CC(C)CCOP=O.[Y].[Y].[Y]. The summed E-state index contributed by atoms with van der Waals surface area (Å²) in [5, 5.41) is 0. The van der Waals surface area contributed by atoms with Crippen molar-refractivity contribution in [3.05, 3.63) is 0 Å². The maximum absolute atomic E-state index is 9.66. The van der Waals surface area contributed by atoms with Crippen LogP contribution in [0.2, 0.25) is 0 Å². The van der Waals surface area contributed by atoms with Gasteiger partial charge in [-0.2, -0.15) is 0 Å². The van der Waals surface area contributed by atoms with Gasteiger partial charge in [0.2, 0.25) is 0 Å². The normalized spacial score (nSPS) is 7.91. The first kappa shape index (κ1) is 23.9. The van der Waals surface area contributed by atoms with Crippen molar-refractivity contribution in [3.63, 3.8) is 0 Å². The quantitative estimate of drug-likeness (QED) is 0.534. The second-order valence-corrected chi connectivity index (χ2v) is 2.50. The van der Waals surface area contributed by atoms with Gasteiger partial charge in [0.1, 0.15) is 0 Å². The second kappa shape index (κ2) is 19.0. The molecule has 0 rings (SSSR count). The van der Waals surface area contributed by atoms with Gasteiger partial charge in [0.15, 0.2) is 0 Å². The van der Waals surface area contributed by atoms with Crippen LogP contribution in [0.4, 0.5) is 0 Å². The van der Waals surface area contributed by atoms with Crippen LogP contribution in [0.3, 0.4) is 0 Å². The van der Waals surface area contributed by atoms with Crippen LogP contribution in [0.15, 0.2) is 0 Å². The first-order valence-corrected chi connectivity index (χ1v) is 3.45. The average Bonchev–Trinajstić information content (AvgIpc) is 1.66. The smallest absolute Gasteiger partial charge is 0.294 e. The van der Waals surface area contributed by atoms with E-state index in [0.717, 1.165) is 6.42 Å². The van der Waals surface area contributed by atoms with E-state index in [-0.39, 0.29) is 107 Å². The van der Waals surface area contributed by atoms with E-state index >= 15 is 0 Å². The Morgan fingerprint density at radius 2 is 1.73 bits per heavy atom. The van der Waals surface area contributed by atoms with Crippen molar-refractivity contribution in [2.75, 3.05) is 6.61 Å². The fraction of sp³-hybridized carbons (Fsp3) is 1.00. The van der Waals surface area contributed by atoms with Gasteiger partial charge in [-0.25, -0.2) is 4.57 Å². The van der Waals surface area contributed by atoms with Crippen molar-refractivity contribution in [1.29, 1.82) is 0 Å². The Bertz CT molecular complexity index is 72.7. The molecule has 0 aromatic carbocycles. The van der Waals surface area contributed by atoms with E-state index in [0.29, 0.717) is 12.5 Å². The van der Waals surface area contributed by atoms with Gasteiger partial charge in [-0.3, -0.25) is 4.52 Å². The van der Waals surface area contributed by atoms with E-state index in [4.69, 9.17) is 0 Å². The third kappa shape index (κ3) is 24.7. The third-order valence-corrected chi connectivity index (χ3v) is 1.13. The van der Waals surface area contributed by atoms with Crippen molar-refractivity contribution in [3.8, 4) is 0 Å². The van der Waals surface area contributed by atoms with Gasteiger partial charge in [-0.05, 0) is 12.3 Å². The van der Waals surface area contributed by atoms with E-state index in [1.54, 1.807) is 0 Å². The van der Waals surface area contributed by atoms with E-state index in [2.05, 4.69) is 18.4 Å². The molecule has 0 unspecified atom stereocenters. The van der Waals surface area contributed by atoms with E-state index in [9.17, 15) is 4.57 Å². The standard InChI is InChI=1S/C5H11O2P.3Y/c1-5(2)3-4-7-8-6;;;/h5H,3-4H2,1-2H3;;;. The van der Waals surface area contributed by atoms with E-state index < -0.39 is 0 Å². The maximum Gasteiger partial charge on any atom is 0.327 e. The number of rotatable bonds is 4. The van der Waals surface area contributed by atoms with Crippen molar-refractivity contribution in [1.82, 2.24) is 0 Å². The first-order valence-electron chi connectivity index (χ1n) is 2.72. The van der Waals surface area contributed by atoms with Crippen LogP contribution < -0.4 is 0 Å². The molecule has 0 saturated heterocycles. The zero-order chi connectivity index (χ0) is 6.41. The molecule has 57 valence electrons. The van der Waals surface area contributed by atoms with Gasteiger partial charge in [0.05, 0.1) is 6.61 Å². The predicted octanol–water partition coefficient (Wildman–Crippen LogP) is 2.25. The molecule has 11 heavy (non-hydrogen) atoms. The summed E-state index contributed by atoms with van der Waals surface area (Å²) in [6.45, 7) is 4.80. The van der Waals surface area contributed by atoms with Crippen LogP contribution >= 0.6 is 8.69 Å². The maximum atomic E-state index is 9.66. The van der Waals surface area contributed by atoms with E-state index in [1.165, 1.54) is 0 Å². The van der Waals surface area contributed by atoms with Crippen LogP contribution in [0, 0.1) is 5.92 Å². The molecule has 0 N–H and O–H groups in total. The van der Waals surface area contributed by atoms with Gasteiger partial charge in [-0.1, -0.05) is 13.8 Å². The first-order chi connectivity index (χ1) is 3.77. The Kier molecular flexibility index (Phi) is 41.3. The molecule has 3 radical (unpaired) electrons. The monoisotopic (exact) mass is 401 g/mol. The van der Waals surface area contributed by atoms with Gasteiger partial charge in [-0.15, -0.1) is 0 Å². The Balaban J connectivity index is -0.0000000817. The van der Waals surface area contributed by atoms with Gasteiger partial charge < -0.3 is 0 Å². The van der Waals surface area contributed by atoms with Crippen LogP contribution in [0.1, 0.15) is 20.3 Å². The van der Waals surface area contributed by atoms with Crippen LogP contribution in [0.25, 0.3) is 0 Å². The Morgan fingerprint density at radius 3 is 2.00 bits per heavy atom. The zero-order valence-corrected chi connectivity index (χ0v) is 16.4. The zero-order valence-electron chi connectivity index (χ0n) is 6.99. The molecule has 0 heterocycles. The topological polar surface area (TPSA) is 26.3 Å². The molecular weight excluding hydrogens is 390 g/mol. The second-order valence-electron chi connectivity index (χ2n) is 2.09. The third-order valence-electron chi connectivity index (χ3n) is 0.839. The van der Waals surface area contributed by atoms with Crippen molar-refractivity contribution < 1.29 is 107 Å². The minimum atomic E-state index is -0.200. The van der Waals surface area contributed by atoms with Crippen LogP contribution in [-0.4, -0.2) is 6.61 Å². The molecule has 0 atom stereocenters. The summed E-state index contributed by atoms with van der Waals surface area (Å²) in [6.07, 6.45) is 0.981. The van der Waals surface area contributed by atoms with Crippen molar-refractivity contribution in [2.45, 2.75) is 20.3 Å². The Labute approximate surface area is 146 Å². The number of hydrogen-bond donors (Lipinski definition) is 0. The van der Waals surface area contributed by atoms with Gasteiger partial charge in [0, 0.05) is 98.1 Å². The fourth-order valence-electron chi connectivity index (χ4n) is 0.326. The molecule has 2 nitrogen and oxygen atoms in total. The average molecular weight is 401 g/mol. The van der Waals surface area contributed by atoms with Crippen molar-refractivity contribution in [2.24, 2.45) is 5.92 Å². The largest absolute Gasteiger partial charge is 0.327 e. The molecule has 0 fully saturated rings. The molecule has 0 amide bonds. The summed E-state index contributed by atoms with van der Waals surface area (Å²) < 4.78 is 14.2. The molecule has 0 spiro atoms. The number of hydrogen-bond acceptors (Lipinski definition) is 2. The summed E-state index contributed by atoms with van der Waals surface area (Å²) >= 11 is 0. The van der Waals surface area contributed by atoms with Gasteiger partial charge >= 0.3 is 8.69 Å². The minimum Gasteiger partial charge on any atom is -0.294 e. The molecule has 0 aliphatic carbocycles. The molecular formula is C5H11O2PY3. The molecule has 0 bridgehead atoms. The summed E-state index contributed by atoms with van der Waals surface area (Å²) in [6, 6.07) is 0. The molecule has 0 aliphatic heterocycles. The molecule has 0 saturated carbocycles. The van der Waals surface area contributed by atoms with E-state index in [1.807, 2.05) is 0 Å². The van der Waals surface area contributed by atoms with Crippen molar-refractivity contribution >= 4 is 8.69 Å². The Hall–Kier alpha value is 3.37. The predicted molar refractivity (Wildman–Crippen MR) is 33.0 cm³/mol.